The maximum atomic E-state index is 5.28. The van der Waals surface area contributed by atoms with Crippen LogP contribution in [0.4, 0.5) is 11.4 Å². The molecule has 0 radical (unpaired) electrons. The summed E-state index contributed by atoms with van der Waals surface area (Å²) in [5.41, 5.74) is 1.32. The Hall–Kier alpha value is -2.76. The number of ether oxygens (including phenoxy) is 4. The molecule has 6 heteroatoms. The van der Waals surface area contributed by atoms with Gasteiger partial charge in [-0.25, -0.2) is 0 Å². The molecular weight excluding hydrogens is 284 g/mol. The van der Waals surface area contributed by atoms with Crippen molar-refractivity contribution in [1.82, 2.24) is 0 Å². The van der Waals surface area contributed by atoms with E-state index in [1.165, 1.54) is 0 Å². The van der Waals surface area contributed by atoms with E-state index in [1.807, 2.05) is 24.3 Å². The Labute approximate surface area is 129 Å². The molecule has 0 spiro atoms. The van der Waals surface area contributed by atoms with Crippen molar-refractivity contribution in [2.45, 2.75) is 0 Å². The van der Waals surface area contributed by atoms with Crippen LogP contribution in [0.25, 0.3) is 0 Å². The highest BCUT2D eigenvalue weighted by molar-refractivity contribution is 5.60. The first kappa shape index (κ1) is 15.6. The van der Waals surface area contributed by atoms with Crippen LogP contribution in [0, 0.1) is 0 Å². The first-order chi connectivity index (χ1) is 10.7. The number of hydrogen-bond donors (Lipinski definition) is 0. The zero-order valence-corrected chi connectivity index (χ0v) is 13.0. The van der Waals surface area contributed by atoms with Gasteiger partial charge in [-0.3, -0.25) is 0 Å². The maximum Gasteiger partial charge on any atom is 0.203 e. The van der Waals surface area contributed by atoms with Gasteiger partial charge in [0, 0.05) is 12.1 Å². The summed E-state index contributed by atoms with van der Waals surface area (Å²) >= 11 is 0. The molecule has 0 amide bonds. The number of hydrogen-bond acceptors (Lipinski definition) is 6. The zero-order chi connectivity index (χ0) is 15.9. The van der Waals surface area contributed by atoms with Gasteiger partial charge in [-0.05, 0) is 24.3 Å². The molecule has 0 aromatic heterocycles. The molecule has 0 heterocycles. The number of rotatable bonds is 6. The van der Waals surface area contributed by atoms with Crippen molar-refractivity contribution < 1.29 is 18.9 Å². The average Bonchev–Trinajstić information content (AvgIpc) is 2.59. The summed E-state index contributed by atoms with van der Waals surface area (Å²) in [6, 6.07) is 10.7. The molecule has 0 saturated heterocycles. The summed E-state index contributed by atoms with van der Waals surface area (Å²) in [7, 11) is 6.29. The van der Waals surface area contributed by atoms with Gasteiger partial charge < -0.3 is 18.9 Å². The van der Waals surface area contributed by atoms with E-state index in [0.717, 1.165) is 11.4 Å². The Kier molecular flexibility index (Phi) is 5.19. The summed E-state index contributed by atoms with van der Waals surface area (Å²) < 4.78 is 20.9. The van der Waals surface area contributed by atoms with Crippen LogP contribution in [0.3, 0.4) is 0 Å². The fourth-order valence-corrected chi connectivity index (χ4v) is 1.89. The molecule has 0 aliphatic heterocycles. The Balaban J connectivity index is 2.29. The molecule has 2 aromatic rings. The molecule has 0 atom stereocenters. The minimum atomic E-state index is 0.522. The van der Waals surface area contributed by atoms with E-state index in [9.17, 15) is 0 Å². The van der Waals surface area contributed by atoms with Gasteiger partial charge in [0.1, 0.15) is 5.75 Å². The van der Waals surface area contributed by atoms with Gasteiger partial charge >= 0.3 is 0 Å². The molecule has 6 nitrogen and oxygen atoms in total. The topological polar surface area (TPSA) is 61.6 Å². The van der Waals surface area contributed by atoms with E-state index in [0.29, 0.717) is 22.9 Å². The lowest BCUT2D eigenvalue weighted by Gasteiger charge is -2.12. The third-order valence-corrected chi connectivity index (χ3v) is 3.00. The number of benzene rings is 2. The molecule has 2 aromatic carbocycles. The first-order valence-corrected chi connectivity index (χ1v) is 6.57. The highest BCUT2D eigenvalue weighted by Gasteiger charge is 2.12. The van der Waals surface area contributed by atoms with Gasteiger partial charge in [0.2, 0.25) is 5.75 Å². The van der Waals surface area contributed by atoms with Crippen molar-refractivity contribution in [2.24, 2.45) is 10.2 Å². The second kappa shape index (κ2) is 7.31. The molecule has 0 saturated carbocycles. The van der Waals surface area contributed by atoms with E-state index < -0.39 is 0 Å². The second-order valence-corrected chi connectivity index (χ2v) is 4.28. The number of methoxy groups -OCH3 is 4. The highest BCUT2D eigenvalue weighted by atomic mass is 16.5. The van der Waals surface area contributed by atoms with E-state index in [2.05, 4.69) is 10.2 Å². The summed E-state index contributed by atoms with van der Waals surface area (Å²) in [5.74, 6) is 2.36. The third kappa shape index (κ3) is 3.46. The van der Waals surface area contributed by atoms with Crippen LogP contribution in [0.5, 0.6) is 23.0 Å². The quantitative estimate of drug-likeness (QED) is 0.752. The largest absolute Gasteiger partial charge is 0.497 e. The van der Waals surface area contributed by atoms with Gasteiger partial charge in [0.05, 0.1) is 39.8 Å². The van der Waals surface area contributed by atoms with Gasteiger partial charge in [-0.1, -0.05) is 0 Å². The van der Waals surface area contributed by atoms with Crippen molar-refractivity contribution in [1.29, 1.82) is 0 Å². The molecule has 0 bridgehead atoms. The summed E-state index contributed by atoms with van der Waals surface area (Å²) in [5, 5.41) is 8.37. The van der Waals surface area contributed by atoms with Gasteiger partial charge in [-0.15, -0.1) is 0 Å². The molecule has 116 valence electrons. The molecule has 22 heavy (non-hydrogen) atoms. The van der Waals surface area contributed by atoms with Gasteiger partial charge in [-0.2, -0.15) is 10.2 Å². The SMILES string of the molecule is COc1ccc(/N=N/c2cc(OC)c(OC)c(OC)c2)cc1. The predicted octanol–water partition coefficient (Wildman–Crippen LogP) is 4.14. The van der Waals surface area contributed by atoms with Crippen LogP contribution in [-0.4, -0.2) is 28.4 Å². The van der Waals surface area contributed by atoms with Crippen LogP contribution in [-0.2, 0) is 0 Å². The molecule has 2 rings (SSSR count). The van der Waals surface area contributed by atoms with E-state index in [1.54, 1.807) is 40.6 Å². The normalized spacial score (nSPS) is 10.5. The highest BCUT2D eigenvalue weighted by Crippen LogP contribution is 2.41. The van der Waals surface area contributed by atoms with Crippen LogP contribution in [0.1, 0.15) is 0 Å². The summed E-state index contributed by atoms with van der Waals surface area (Å²) in [6.07, 6.45) is 0. The van der Waals surface area contributed by atoms with Crippen molar-refractivity contribution in [3.8, 4) is 23.0 Å². The standard InChI is InChI=1S/C16H18N2O4/c1-19-13-7-5-11(6-8-13)17-18-12-9-14(20-2)16(22-4)15(10-12)21-3/h5-10H,1-4H3/b18-17+. The Morgan fingerprint density at radius 3 is 1.64 bits per heavy atom. The molecule has 0 aliphatic rings. The smallest absolute Gasteiger partial charge is 0.203 e. The van der Waals surface area contributed by atoms with Crippen LogP contribution >= 0.6 is 0 Å². The minimum Gasteiger partial charge on any atom is -0.497 e. The van der Waals surface area contributed by atoms with Gasteiger partial charge in [0.15, 0.2) is 11.5 Å². The lowest BCUT2D eigenvalue weighted by Crippen LogP contribution is -1.94. The Morgan fingerprint density at radius 2 is 1.18 bits per heavy atom. The van der Waals surface area contributed by atoms with E-state index >= 15 is 0 Å². The summed E-state index contributed by atoms with van der Waals surface area (Å²) in [6.45, 7) is 0. The number of nitrogens with zero attached hydrogens (tertiary/aromatic N) is 2. The molecule has 0 aliphatic carbocycles. The van der Waals surface area contributed by atoms with Gasteiger partial charge in [0.25, 0.3) is 0 Å². The fourth-order valence-electron chi connectivity index (χ4n) is 1.89. The molecule has 0 N–H and O–H groups in total. The Morgan fingerprint density at radius 1 is 0.636 bits per heavy atom. The molecule has 0 unspecified atom stereocenters. The van der Waals surface area contributed by atoms with Crippen molar-refractivity contribution in [3.63, 3.8) is 0 Å². The van der Waals surface area contributed by atoms with Crippen molar-refractivity contribution in [3.05, 3.63) is 36.4 Å². The first-order valence-electron chi connectivity index (χ1n) is 6.57. The zero-order valence-electron chi connectivity index (χ0n) is 13.0. The third-order valence-electron chi connectivity index (χ3n) is 3.00. The van der Waals surface area contributed by atoms with Crippen LogP contribution in [0.15, 0.2) is 46.6 Å². The van der Waals surface area contributed by atoms with Crippen molar-refractivity contribution >= 4 is 11.4 Å². The minimum absolute atomic E-state index is 0.522. The van der Waals surface area contributed by atoms with E-state index in [4.69, 9.17) is 18.9 Å². The number of azo groups is 1. The van der Waals surface area contributed by atoms with Crippen LogP contribution < -0.4 is 18.9 Å². The lowest BCUT2D eigenvalue weighted by molar-refractivity contribution is 0.324. The fraction of sp³-hybridized carbons (Fsp3) is 0.250. The summed E-state index contributed by atoms with van der Waals surface area (Å²) in [4.78, 5) is 0. The van der Waals surface area contributed by atoms with Crippen LogP contribution in [0.2, 0.25) is 0 Å². The Bertz CT molecular complexity index is 629. The maximum absolute atomic E-state index is 5.28. The predicted molar refractivity (Wildman–Crippen MR) is 83.3 cm³/mol. The van der Waals surface area contributed by atoms with E-state index in [-0.39, 0.29) is 0 Å². The van der Waals surface area contributed by atoms with Crippen molar-refractivity contribution in [2.75, 3.05) is 28.4 Å². The molecular formula is C16H18N2O4. The monoisotopic (exact) mass is 302 g/mol. The lowest BCUT2D eigenvalue weighted by atomic mass is 10.2. The molecule has 0 fully saturated rings. The average molecular weight is 302 g/mol. The second-order valence-electron chi connectivity index (χ2n) is 4.28.